The number of aryl methyl sites for hydroxylation is 1. The van der Waals surface area contributed by atoms with Gasteiger partial charge in [0.25, 0.3) is 0 Å². The molecule has 3 rings (SSSR count). The Hall–Kier alpha value is -0.340. The van der Waals surface area contributed by atoms with Gasteiger partial charge in [0.05, 0.1) is 12.2 Å². The molecule has 0 bridgehead atoms. The zero-order valence-electron chi connectivity index (χ0n) is 8.05. The maximum atomic E-state index is 5.82. The Labute approximate surface area is 92.6 Å². The molecule has 2 heteroatoms. The maximum Gasteiger partial charge on any atom is 0.0956 e. The minimum atomic E-state index is 0.0946. The smallest absolute Gasteiger partial charge is 0.0956 e. The van der Waals surface area contributed by atoms with Crippen LogP contribution in [0.15, 0.2) is 22.7 Å². The summed E-state index contributed by atoms with van der Waals surface area (Å²) in [5.41, 5.74) is 3.01. The minimum absolute atomic E-state index is 0.0946. The maximum absolute atomic E-state index is 5.82. The van der Waals surface area contributed by atoms with Crippen LogP contribution in [0.1, 0.15) is 30.4 Å². The van der Waals surface area contributed by atoms with E-state index in [1.807, 2.05) is 0 Å². The summed E-state index contributed by atoms with van der Waals surface area (Å²) in [6.07, 6.45) is 4.90. The van der Waals surface area contributed by atoms with Crippen LogP contribution in [0.25, 0.3) is 0 Å². The lowest BCUT2D eigenvalue weighted by atomic mass is 9.75. The van der Waals surface area contributed by atoms with E-state index in [0.717, 1.165) is 6.61 Å². The molecule has 1 spiro atoms. The standard InChI is InChI=1S/C12H13BrO/c13-10-4-3-9-2-1-5-12(6-7-14-12)11(9)8-10/h3-4,8H,1-2,5-7H2. The first-order chi connectivity index (χ1) is 6.80. The average molecular weight is 253 g/mol. The van der Waals surface area contributed by atoms with E-state index in [1.165, 1.54) is 41.3 Å². The number of hydrogen-bond donors (Lipinski definition) is 0. The highest BCUT2D eigenvalue weighted by Crippen LogP contribution is 2.46. The third-order valence-electron chi connectivity index (χ3n) is 3.47. The van der Waals surface area contributed by atoms with Gasteiger partial charge in [0.2, 0.25) is 0 Å². The molecule has 1 fully saturated rings. The molecule has 1 aliphatic carbocycles. The van der Waals surface area contributed by atoms with Crippen molar-refractivity contribution < 1.29 is 4.74 Å². The van der Waals surface area contributed by atoms with Crippen molar-refractivity contribution in [3.8, 4) is 0 Å². The van der Waals surface area contributed by atoms with Crippen LogP contribution in [0, 0.1) is 0 Å². The van der Waals surface area contributed by atoms with E-state index >= 15 is 0 Å². The van der Waals surface area contributed by atoms with Crippen LogP contribution in [-0.4, -0.2) is 6.61 Å². The summed E-state index contributed by atoms with van der Waals surface area (Å²) in [5, 5.41) is 0. The van der Waals surface area contributed by atoms with Crippen molar-refractivity contribution in [3.05, 3.63) is 33.8 Å². The third kappa shape index (κ3) is 1.17. The summed E-state index contributed by atoms with van der Waals surface area (Å²) in [6, 6.07) is 6.62. The van der Waals surface area contributed by atoms with Crippen LogP contribution in [0.2, 0.25) is 0 Å². The van der Waals surface area contributed by atoms with Gasteiger partial charge >= 0.3 is 0 Å². The zero-order chi connectivity index (χ0) is 9.60. The number of benzene rings is 1. The second kappa shape index (κ2) is 3.07. The van der Waals surface area contributed by atoms with Crippen molar-refractivity contribution in [1.82, 2.24) is 0 Å². The molecule has 1 atom stereocenters. The fraction of sp³-hybridized carbons (Fsp3) is 0.500. The molecule has 2 aliphatic rings. The number of hydrogen-bond acceptors (Lipinski definition) is 1. The Morgan fingerprint density at radius 3 is 2.86 bits per heavy atom. The van der Waals surface area contributed by atoms with Crippen LogP contribution >= 0.6 is 15.9 Å². The third-order valence-corrected chi connectivity index (χ3v) is 3.97. The summed E-state index contributed by atoms with van der Waals surface area (Å²) >= 11 is 3.54. The summed E-state index contributed by atoms with van der Waals surface area (Å²) in [5.74, 6) is 0. The van der Waals surface area contributed by atoms with Gasteiger partial charge in [0, 0.05) is 10.9 Å². The number of halogens is 1. The topological polar surface area (TPSA) is 9.23 Å². The zero-order valence-corrected chi connectivity index (χ0v) is 9.64. The largest absolute Gasteiger partial charge is 0.370 e. The van der Waals surface area contributed by atoms with Gasteiger partial charge in [-0.25, -0.2) is 0 Å². The van der Waals surface area contributed by atoms with Crippen molar-refractivity contribution in [2.45, 2.75) is 31.3 Å². The van der Waals surface area contributed by atoms with Gasteiger partial charge in [-0.3, -0.25) is 0 Å². The monoisotopic (exact) mass is 252 g/mol. The Bertz CT molecular complexity index is 369. The van der Waals surface area contributed by atoms with E-state index in [1.54, 1.807) is 0 Å². The Morgan fingerprint density at radius 1 is 1.29 bits per heavy atom. The summed E-state index contributed by atoms with van der Waals surface area (Å²) in [6.45, 7) is 0.936. The number of rotatable bonds is 0. The van der Waals surface area contributed by atoms with Crippen LogP contribution in [0.4, 0.5) is 0 Å². The van der Waals surface area contributed by atoms with E-state index in [9.17, 15) is 0 Å². The normalized spacial score (nSPS) is 29.8. The molecular formula is C12H13BrO. The average Bonchev–Trinajstić information content (AvgIpc) is 2.14. The van der Waals surface area contributed by atoms with E-state index in [4.69, 9.17) is 4.74 Å². The van der Waals surface area contributed by atoms with Gasteiger partial charge in [-0.05, 0) is 42.5 Å². The highest BCUT2D eigenvalue weighted by atomic mass is 79.9. The molecule has 1 saturated heterocycles. The van der Waals surface area contributed by atoms with Gasteiger partial charge < -0.3 is 4.74 Å². The number of ether oxygens (including phenoxy) is 1. The molecular weight excluding hydrogens is 240 g/mol. The van der Waals surface area contributed by atoms with Crippen molar-refractivity contribution in [1.29, 1.82) is 0 Å². The van der Waals surface area contributed by atoms with Crippen LogP contribution < -0.4 is 0 Å². The molecule has 0 amide bonds. The predicted octanol–water partition coefficient (Wildman–Crippen LogP) is 3.40. The van der Waals surface area contributed by atoms with E-state index in [2.05, 4.69) is 34.1 Å². The highest BCUT2D eigenvalue weighted by molar-refractivity contribution is 9.10. The second-order valence-corrected chi connectivity index (χ2v) is 5.16. The molecule has 74 valence electrons. The summed E-state index contributed by atoms with van der Waals surface area (Å²) in [4.78, 5) is 0. The fourth-order valence-electron chi connectivity index (χ4n) is 2.65. The molecule has 1 unspecified atom stereocenters. The van der Waals surface area contributed by atoms with Gasteiger partial charge in [0.1, 0.15) is 0 Å². The lowest BCUT2D eigenvalue weighted by Gasteiger charge is -2.46. The molecule has 14 heavy (non-hydrogen) atoms. The second-order valence-electron chi connectivity index (χ2n) is 4.25. The van der Waals surface area contributed by atoms with Crippen molar-refractivity contribution >= 4 is 15.9 Å². The molecule has 1 aromatic rings. The van der Waals surface area contributed by atoms with Crippen LogP contribution in [0.5, 0.6) is 0 Å². The van der Waals surface area contributed by atoms with E-state index in [0.29, 0.717) is 0 Å². The molecule has 1 aromatic carbocycles. The first-order valence-corrected chi connectivity index (χ1v) is 6.02. The van der Waals surface area contributed by atoms with Crippen molar-refractivity contribution in [3.63, 3.8) is 0 Å². The number of fused-ring (bicyclic) bond motifs is 2. The molecule has 1 nitrogen and oxygen atoms in total. The summed E-state index contributed by atoms with van der Waals surface area (Å²) < 4.78 is 6.99. The Kier molecular flexibility index (Phi) is 1.96. The van der Waals surface area contributed by atoms with E-state index in [-0.39, 0.29) is 5.60 Å². The van der Waals surface area contributed by atoms with E-state index < -0.39 is 0 Å². The Morgan fingerprint density at radius 2 is 2.14 bits per heavy atom. The molecule has 0 N–H and O–H groups in total. The highest BCUT2D eigenvalue weighted by Gasteiger charge is 2.43. The van der Waals surface area contributed by atoms with Crippen molar-refractivity contribution in [2.75, 3.05) is 6.61 Å². The molecule has 0 aromatic heterocycles. The van der Waals surface area contributed by atoms with Gasteiger partial charge in [-0.1, -0.05) is 22.0 Å². The molecule has 1 heterocycles. The Balaban J connectivity index is 2.12. The molecule has 0 saturated carbocycles. The lowest BCUT2D eigenvalue weighted by Crippen LogP contribution is -2.43. The SMILES string of the molecule is Brc1ccc2c(c1)C1(CCC2)CCO1. The molecule has 0 radical (unpaired) electrons. The first kappa shape index (κ1) is 8.93. The van der Waals surface area contributed by atoms with Gasteiger partial charge in [-0.15, -0.1) is 0 Å². The van der Waals surface area contributed by atoms with Crippen LogP contribution in [0.3, 0.4) is 0 Å². The fourth-order valence-corrected chi connectivity index (χ4v) is 3.01. The first-order valence-electron chi connectivity index (χ1n) is 5.23. The summed E-state index contributed by atoms with van der Waals surface area (Å²) in [7, 11) is 0. The van der Waals surface area contributed by atoms with Gasteiger partial charge in [0.15, 0.2) is 0 Å². The van der Waals surface area contributed by atoms with Gasteiger partial charge in [-0.2, -0.15) is 0 Å². The van der Waals surface area contributed by atoms with Crippen molar-refractivity contribution in [2.24, 2.45) is 0 Å². The quantitative estimate of drug-likeness (QED) is 0.688. The molecule has 1 aliphatic heterocycles. The minimum Gasteiger partial charge on any atom is -0.370 e. The predicted molar refractivity (Wildman–Crippen MR) is 59.3 cm³/mol. The van der Waals surface area contributed by atoms with Crippen LogP contribution in [-0.2, 0) is 16.8 Å². The lowest BCUT2D eigenvalue weighted by molar-refractivity contribution is -0.163.